The van der Waals surface area contributed by atoms with Gasteiger partial charge in [0.25, 0.3) is 0 Å². The number of aromatic carboxylic acids is 1. The van der Waals surface area contributed by atoms with Crippen LogP contribution in [-0.4, -0.2) is 20.6 Å². The molecule has 0 saturated heterocycles. The van der Waals surface area contributed by atoms with Crippen LogP contribution in [0, 0.1) is 6.92 Å². The molecule has 5 rings (SSSR count). The Bertz CT molecular complexity index is 1710. The Kier molecular flexibility index (Phi) is 8.06. The van der Waals surface area contributed by atoms with Gasteiger partial charge in [-0.3, -0.25) is 0 Å². The van der Waals surface area contributed by atoms with E-state index in [4.69, 9.17) is 32.9 Å². The predicted molar refractivity (Wildman–Crippen MR) is 162 cm³/mol. The number of aromatic nitrogens is 2. The molecular weight excluding hydrogens is 543 g/mol. The highest BCUT2D eigenvalue weighted by Gasteiger charge is 2.12. The molecule has 7 heteroatoms. The summed E-state index contributed by atoms with van der Waals surface area (Å²) in [5.41, 5.74) is 5.64. The van der Waals surface area contributed by atoms with Gasteiger partial charge in [0.05, 0.1) is 16.3 Å². The first kappa shape index (κ1) is 27.3. The molecule has 0 aliphatic carbocycles. The third kappa shape index (κ3) is 5.96. The molecule has 200 valence electrons. The number of carboxylic acids is 1. The molecule has 5 aromatic rings. The first-order valence-corrected chi connectivity index (χ1v) is 13.5. The molecule has 0 aliphatic rings. The fourth-order valence-electron chi connectivity index (χ4n) is 4.40. The van der Waals surface area contributed by atoms with Crippen molar-refractivity contribution in [3.63, 3.8) is 0 Å². The van der Waals surface area contributed by atoms with Gasteiger partial charge in [-0.25, -0.2) is 9.78 Å². The van der Waals surface area contributed by atoms with Gasteiger partial charge in [-0.15, -0.1) is 0 Å². The van der Waals surface area contributed by atoms with E-state index < -0.39 is 5.97 Å². The molecule has 1 aromatic heterocycles. The molecule has 0 spiro atoms. The summed E-state index contributed by atoms with van der Waals surface area (Å²) in [4.78, 5) is 16.2. The van der Waals surface area contributed by atoms with Crippen LogP contribution in [0.5, 0.6) is 11.5 Å². The van der Waals surface area contributed by atoms with Crippen LogP contribution < -0.4 is 4.74 Å². The Labute approximate surface area is 242 Å². The van der Waals surface area contributed by atoms with Crippen LogP contribution in [0.4, 0.5) is 0 Å². The molecule has 4 aromatic carbocycles. The normalized spacial score (nSPS) is 11.2. The molecule has 40 heavy (non-hydrogen) atoms. The third-order valence-electron chi connectivity index (χ3n) is 6.62. The zero-order chi connectivity index (χ0) is 28.2. The van der Waals surface area contributed by atoms with Crippen molar-refractivity contribution >= 4 is 41.3 Å². The van der Waals surface area contributed by atoms with Crippen molar-refractivity contribution in [1.82, 2.24) is 9.55 Å². The standard InChI is InChI=1S/C33H26Cl2N2O3/c1-3-37-20-30(28-17-14-25(34)19-29(28)35)36-32(37)18-9-22-7-10-23(11-8-22)24-12-15-26(16-13-24)40-31-6-4-5-27(21(31)2)33(38)39/h4-20H,3H2,1-2H3,(H,38,39)/b18-9+. The molecular formula is C33H26Cl2N2O3. The third-order valence-corrected chi connectivity index (χ3v) is 7.17. The summed E-state index contributed by atoms with van der Waals surface area (Å²) >= 11 is 12.4. The SMILES string of the molecule is CCn1cc(-c2ccc(Cl)cc2Cl)nc1/C=C/c1ccc(-c2ccc(Oc3cccc(C(=O)O)c3C)cc2)cc1. The fourth-order valence-corrected chi connectivity index (χ4v) is 4.91. The topological polar surface area (TPSA) is 64.4 Å². The van der Waals surface area contributed by atoms with Crippen LogP contribution in [-0.2, 0) is 6.54 Å². The summed E-state index contributed by atoms with van der Waals surface area (Å²) in [5, 5.41) is 10.5. The van der Waals surface area contributed by atoms with E-state index in [0.29, 0.717) is 27.1 Å². The molecule has 0 atom stereocenters. The van der Waals surface area contributed by atoms with Crippen LogP contribution in [0.25, 0.3) is 34.5 Å². The lowest BCUT2D eigenvalue weighted by atomic mass is 10.0. The number of benzene rings is 4. The largest absolute Gasteiger partial charge is 0.478 e. The van der Waals surface area contributed by atoms with E-state index in [0.717, 1.165) is 40.3 Å². The van der Waals surface area contributed by atoms with Crippen LogP contribution in [0.1, 0.15) is 34.2 Å². The second-order valence-electron chi connectivity index (χ2n) is 9.21. The molecule has 0 fully saturated rings. The van der Waals surface area contributed by atoms with Gasteiger partial charge in [0.2, 0.25) is 0 Å². The Morgan fingerprint density at radius 1 is 0.950 bits per heavy atom. The molecule has 0 amide bonds. The maximum absolute atomic E-state index is 11.4. The monoisotopic (exact) mass is 568 g/mol. The van der Waals surface area contributed by atoms with E-state index in [2.05, 4.69) is 35.8 Å². The number of hydrogen-bond acceptors (Lipinski definition) is 3. The van der Waals surface area contributed by atoms with Crippen LogP contribution in [0.15, 0.2) is 91.1 Å². The Morgan fingerprint density at radius 3 is 2.30 bits per heavy atom. The van der Waals surface area contributed by atoms with E-state index in [-0.39, 0.29) is 5.56 Å². The van der Waals surface area contributed by atoms with Gasteiger partial charge < -0.3 is 14.4 Å². The summed E-state index contributed by atoms with van der Waals surface area (Å²) in [6.45, 7) is 4.60. The van der Waals surface area contributed by atoms with E-state index in [9.17, 15) is 9.90 Å². The zero-order valence-corrected chi connectivity index (χ0v) is 23.4. The minimum atomic E-state index is -0.972. The summed E-state index contributed by atoms with van der Waals surface area (Å²) < 4.78 is 8.03. The lowest BCUT2D eigenvalue weighted by molar-refractivity contribution is 0.0695. The van der Waals surface area contributed by atoms with Gasteiger partial charge in [0, 0.05) is 28.9 Å². The molecule has 1 N–H and O–H groups in total. The van der Waals surface area contributed by atoms with Gasteiger partial charge in [-0.1, -0.05) is 71.7 Å². The number of aryl methyl sites for hydroxylation is 1. The smallest absolute Gasteiger partial charge is 0.336 e. The summed E-state index contributed by atoms with van der Waals surface area (Å²) in [7, 11) is 0. The molecule has 1 heterocycles. The molecule has 0 aliphatic heterocycles. The zero-order valence-electron chi connectivity index (χ0n) is 21.9. The van der Waals surface area contributed by atoms with Crippen LogP contribution >= 0.6 is 23.2 Å². The molecule has 0 radical (unpaired) electrons. The number of rotatable bonds is 8. The summed E-state index contributed by atoms with van der Waals surface area (Å²) in [6, 6.07) is 26.4. The summed E-state index contributed by atoms with van der Waals surface area (Å²) in [5.74, 6) is 1.03. The Balaban J connectivity index is 1.29. The fraction of sp³-hybridized carbons (Fsp3) is 0.0909. The highest BCUT2D eigenvalue weighted by molar-refractivity contribution is 6.36. The second kappa shape index (κ2) is 11.8. The van der Waals surface area contributed by atoms with Crippen molar-refractivity contribution in [1.29, 1.82) is 0 Å². The Morgan fingerprint density at radius 2 is 1.65 bits per heavy atom. The number of carbonyl (C=O) groups is 1. The van der Waals surface area contributed by atoms with Crippen molar-refractivity contribution in [3.8, 4) is 33.9 Å². The highest BCUT2D eigenvalue weighted by atomic mass is 35.5. The Hall–Kier alpha value is -4.32. The number of halogens is 2. The molecule has 0 saturated carbocycles. The summed E-state index contributed by atoms with van der Waals surface area (Å²) in [6.07, 6.45) is 6.03. The van der Waals surface area contributed by atoms with E-state index in [1.165, 1.54) is 0 Å². The number of nitrogens with zero attached hydrogens (tertiary/aromatic N) is 2. The average Bonchev–Trinajstić information content (AvgIpc) is 3.36. The quantitative estimate of drug-likeness (QED) is 0.202. The van der Waals surface area contributed by atoms with Gasteiger partial charge in [-0.2, -0.15) is 0 Å². The minimum absolute atomic E-state index is 0.230. The van der Waals surface area contributed by atoms with Crippen molar-refractivity contribution in [2.24, 2.45) is 0 Å². The molecule has 5 nitrogen and oxygen atoms in total. The number of hydrogen-bond donors (Lipinski definition) is 1. The van der Waals surface area contributed by atoms with Crippen LogP contribution in [0.2, 0.25) is 10.0 Å². The lowest BCUT2D eigenvalue weighted by Gasteiger charge is -2.11. The average molecular weight is 569 g/mol. The minimum Gasteiger partial charge on any atom is -0.478 e. The predicted octanol–water partition coefficient (Wildman–Crippen LogP) is 9.51. The first-order chi connectivity index (χ1) is 19.3. The second-order valence-corrected chi connectivity index (χ2v) is 10.1. The molecule has 0 unspecified atom stereocenters. The van der Waals surface area contributed by atoms with Gasteiger partial charge in [0.1, 0.15) is 17.3 Å². The number of imidazole rings is 1. The van der Waals surface area contributed by atoms with Crippen molar-refractivity contribution in [3.05, 3.63) is 124 Å². The van der Waals surface area contributed by atoms with Crippen molar-refractivity contribution < 1.29 is 14.6 Å². The first-order valence-electron chi connectivity index (χ1n) is 12.7. The van der Waals surface area contributed by atoms with E-state index in [1.807, 2.05) is 54.7 Å². The molecule has 0 bridgehead atoms. The van der Waals surface area contributed by atoms with Gasteiger partial charge >= 0.3 is 5.97 Å². The maximum Gasteiger partial charge on any atom is 0.336 e. The van der Waals surface area contributed by atoms with Gasteiger partial charge in [-0.05, 0) is 79.1 Å². The van der Waals surface area contributed by atoms with Gasteiger partial charge in [0.15, 0.2) is 0 Å². The van der Waals surface area contributed by atoms with Crippen LogP contribution in [0.3, 0.4) is 0 Å². The van der Waals surface area contributed by atoms with E-state index >= 15 is 0 Å². The lowest BCUT2D eigenvalue weighted by Crippen LogP contribution is -2.00. The maximum atomic E-state index is 11.4. The van der Waals surface area contributed by atoms with Crippen molar-refractivity contribution in [2.75, 3.05) is 0 Å². The number of carboxylic acid groups (broad SMARTS) is 1. The van der Waals surface area contributed by atoms with E-state index in [1.54, 1.807) is 31.2 Å². The number of ether oxygens (including phenoxy) is 1. The van der Waals surface area contributed by atoms with Crippen molar-refractivity contribution in [2.45, 2.75) is 20.4 Å². The highest BCUT2D eigenvalue weighted by Crippen LogP contribution is 2.31.